The predicted octanol–water partition coefficient (Wildman–Crippen LogP) is 1.01. The molecule has 4 heterocycles. The van der Waals surface area contributed by atoms with Crippen molar-refractivity contribution in [3.8, 4) is 0 Å². The van der Waals surface area contributed by atoms with Crippen LogP contribution in [0.1, 0.15) is 5.69 Å². The van der Waals surface area contributed by atoms with Crippen molar-refractivity contribution in [2.24, 2.45) is 5.16 Å². The van der Waals surface area contributed by atoms with Gasteiger partial charge in [-0.2, -0.15) is 0 Å². The molecule has 2 aromatic rings. The van der Waals surface area contributed by atoms with Gasteiger partial charge < -0.3 is 21.0 Å². The highest BCUT2D eigenvalue weighted by Crippen LogP contribution is 2.39. The minimum atomic E-state index is -1.22. The molecule has 0 spiro atoms. The van der Waals surface area contributed by atoms with Gasteiger partial charge in [-0.05, 0) is 6.08 Å². The van der Waals surface area contributed by atoms with Crippen molar-refractivity contribution in [1.82, 2.24) is 25.4 Å². The van der Waals surface area contributed by atoms with E-state index in [2.05, 4.69) is 25.7 Å². The zero-order valence-electron chi connectivity index (χ0n) is 17.4. The Kier molecular flexibility index (Phi) is 7.50. The number of nitrogen functional groups attached to an aromatic ring is 1. The van der Waals surface area contributed by atoms with E-state index in [4.69, 9.17) is 10.6 Å². The van der Waals surface area contributed by atoms with Crippen molar-refractivity contribution in [2.75, 3.05) is 24.3 Å². The second-order valence-electron chi connectivity index (χ2n) is 6.67. The number of aliphatic carboxylic acids is 1. The largest absolute Gasteiger partial charge is 0.477 e. The number of fused-ring (bicyclic) bond motifs is 1. The molecule has 4 N–H and O–H groups in total. The molecule has 178 valence electrons. The molecule has 2 atom stereocenters. The summed E-state index contributed by atoms with van der Waals surface area (Å²) in [6, 6.07) is -1.41. The molecule has 1 fully saturated rings. The lowest BCUT2D eigenvalue weighted by atomic mass is 9.94. The number of thiazole rings is 1. The predicted molar refractivity (Wildman–Crippen MR) is 130 cm³/mol. The first-order chi connectivity index (χ1) is 16.4. The quantitative estimate of drug-likeness (QED) is 0.180. The SMILES string of the molecule is CON=C(C(=O)NC1C(=O)N2C(C(=O)O)=C(/C=C/CSc3nncs3)SCC12)c1csc(N)n1. The highest BCUT2D eigenvalue weighted by molar-refractivity contribution is 8.03. The van der Waals surface area contributed by atoms with E-state index in [9.17, 15) is 19.5 Å². The first-order valence-electron chi connectivity index (χ1n) is 9.53. The number of carboxylic acids is 1. The number of oxime groups is 1. The van der Waals surface area contributed by atoms with Crippen LogP contribution in [0, 0.1) is 0 Å². The van der Waals surface area contributed by atoms with Gasteiger partial charge in [0.15, 0.2) is 15.2 Å². The van der Waals surface area contributed by atoms with E-state index in [0.717, 1.165) is 15.7 Å². The van der Waals surface area contributed by atoms with E-state index in [1.54, 1.807) is 17.0 Å². The average Bonchev–Trinajstić information content (AvgIpc) is 3.49. The fraction of sp³-hybridized carbons (Fsp3) is 0.278. The standard InChI is InChI=1S/C18H17N7O5S4/c1-30-24-11(8-5-33-17(19)21-8)14(26)22-12-9-6-32-10(13(16(28)29)25(9)15(12)27)3-2-4-31-18-23-20-7-34-18/h2-3,5,7,9,12H,4,6H2,1H3,(H2,19,21)(H,22,26)(H,28,29)/b3-2+,24-11?. The Morgan fingerprint density at radius 3 is 2.94 bits per heavy atom. The molecular formula is C18H17N7O5S4. The Balaban J connectivity index is 1.46. The smallest absolute Gasteiger partial charge is 0.353 e. The minimum Gasteiger partial charge on any atom is -0.477 e. The monoisotopic (exact) mass is 539 g/mol. The number of hydrogen-bond donors (Lipinski definition) is 3. The number of nitrogens with one attached hydrogen (secondary N) is 1. The first kappa shape index (κ1) is 24.2. The highest BCUT2D eigenvalue weighted by Gasteiger charge is 2.53. The number of allylic oxidation sites excluding steroid dienone is 1. The van der Waals surface area contributed by atoms with Crippen LogP contribution in [-0.4, -0.2) is 79.4 Å². The van der Waals surface area contributed by atoms with Crippen molar-refractivity contribution in [3.63, 3.8) is 0 Å². The number of aromatic nitrogens is 3. The normalized spacial score (nSPS) is 20.3. The van der Waals surface area contributed by atoms with Gasteiger partial charge in [0.05, 0.1) is 6.04 Å². The molecule has 2 aliphatic heterocycles. The van der Waals surface area contributed by atoms with Gasteiger partial charge in [-0.1, -0.05) is 34.3 Å². The van der Waals surface area contributed by atoms with Crippen LogP contribution in [0.3, 0.4) is 0 Å². The maximum atomic E-state index is 12.9. The van der Waals surface area contributed by atoms with Crippen LogP contribution in [0.15, 0.2) is 43.1 Å². The number of carbonyl (C=O) groups is 3. The van der Waals surface area contributed by atoms with E-state index in [1.807, 2.05) is 6.08 Å². The number of amides is 2. The molecule has 1 saturated heterocycles. The van der Waals surface area contributed by atoms with Crippen LogP contribution in [0.2, 0.25) is 0 Å². The molecule has 16 heteroatoms. The van der Waals surface area contributed by atoms with E-state index < -0.39 is 29.9 Å². The van der Waals surface area contributed by atoms with Gasteiger partial charge in [0, 0.05) is 21.8 Å². The Hall–Kier alpha value is -2.95. The number of anilines is 1. The zero-order chi connectivity index (χ0) is 24.2. The lowest BCUT2D eigenvalue weighted by molar-refractivity contribution is -0.153. The second-order valence-corrected chi connectivity index (χ2v) is 10.7. The van der Waals surface area contributed by atoms with Crippen molar-refractivity contribution in [1.29, 1.82) is 0 Å². The summed E-state index contributed by atoms with van der Waals surface area (Å²) in [5.41, 5.74) is 7.25. The summed E-state index contributed by atoms with van der Waals surface area (Å²) in [4.78, 5) is 48.1. The van der Waals surface area contributed by atoms with Crippen LogP contribution in [0.5, 0.6) is 0 Å². The Morgan fingerprint density at radius 2 is 2.29 bits per heavy atom. The van der Waals surface area contributed by atoms with Gasteiger partial charge in [-0.3, -0.25) is 14.5 Å². The maximum absolute atomic E-state index is 12.9. The molecular weight excluding hydrogens is 523 g/mol. The lowest BCUT2D eigenvalue weighted by Gasteiger charge is -2.49. The number of rotatable bonds is 9. The van der Waals surface area contributed by atoms with Gasteiger partial charge in [-0.25, -0.2) is 9.78 Å². The highest BCUT2D eigenvalue weighted by atomic mass is 32.2. The van der Waals surface area contributed by atoms with Gasteiger partial charge in [0.25, 0.3) is 11.8 Å². The lowest BCUT2D eigenvalue weighted by Crippen LogP contribution is -2.73. The van der Waals surface area contributed by atoms with Crippen LogP contribution in [0.25, 0.3) is 0 Å². The summed E-state index contributed by atoms with van der Waals surface area (Å²) < 4.78 is 0.807. The average molecular weight is 540 g/mol. The number of β-lactam (4-membered cyclic amide) rings is 1. The fourth-order valence-electron chi connectivity index (χ4n) is 3.25. The second kappa shape index (κ2) is 10.5. The van der Waals surface area contributed by atoms with Gasteiger partial charge >= 0.3 is 5.97 Å². The van der Waals surface area contributed by atoms with Crippen molar-refractivity contribution < 1.29 is 24.3 Å². The molecule has 34 heavy (non-hydrogen) atoms. The van der Waals surface area contributed by atoms with Gasteiger partial charge in [0.1, 0.15) is 30.1 Å². The van der Waals surface area contributed by atoms with E-state index in [0.29, 0.717) is 16.4 Å². The number of nitrogens with two attached hydrogens (primary N) is 1. The van der Waals surface area contributed by atoms with E-state index >= 15 is 0 Å². The summed E-state index contributed by atoms with van der Waals surface area (Å²) >= 11 is 5.33. The molecule has 0 aliphatic carbocycles. The topological polar surface area (TPSA) is 173 Å². The Bertz CT molecular complexity index is 1190. The number of nitrogens with zero attached hydrogens (tertiary/aromatic N) is 5. The van der Waals surface area contributed by atoms with Gasteiger partial charge in [0.2, 0.25) is 0 Å². The summed E-state index contributed by atoms with van der Waals surface area (Å²) in [6.07, 6.45) is 3.50. The molecule has 2 aromatic heterocycles. The summed E-state index contributed by atoms with van der Waals surface area (Å²) in [5, 5.41) is 25.6. The van der Waals surface area contributed by atoms with Gasteiger partial charge in [-0.15, -0.1) is 33.3 Å². The van der Waals surface area contributed by atoms with Crippen LogP contribution in [0.4, 0.5) is 5.13 Å². The third-order valence-corrected chi connectivity index (χ3v) is 8.30. The Labute approximate surface area is 209 Å². The summed E-state index contributed by atoms with van der Waals surface area (Å²) in [6.45, 7) is 0. The minimum absolute atomic E-state index is 0.105. The molecule has 12 nitrogen and oxygen atoms in total. The maximum Gasteiger partial charge on any atom is 0.353 e. The summed E-state index contributed by atoms with van der Waals surface area (Å²) in [5.74, 6) is -1.41. The van der Waals surface area contributed by atoms with Crippen LogP contribution in [-0.2, 0) is 19.2 Å². The third kappa shape index (κ3) is 4.94. The molecule has 0 saturated carbocycles. The van der Waals surface area contributed by atoms with Crippen molar-refractivity contribution in [2.45, 2.75) is 16.4 Å². The number of thioether (sulfide) groups is 2. The molecule has 0 aromatic carbocycles. The Morgan fingerprint density at radius 1 is 1.47 bits per heavy atom. The van der Waals surface area contributed by atoms with E-state index in [1.165, 1.54) is 46.9 Å². The molecule has 0 bridgehead atoms. The number of carboxylic acid groups (broad SMARTS) is 1. The fourth-order valence-corrected chi connectivity index (χ4v) is 6.33. The van der Waals surface area contributed by atoms with Crippen molar-refractivity contribution >= 4 is 74.8 Å². The number of hydrogen-bond acceptors (Lipinski definition) is 13. The van der Waals surface area contributed by atoms with Crippen molar-refractivity contribution in [3.05, 3.63) is 39.3 Å². The molecule has 0 radical (unpaired) electrons. The summed E-state index contributed by atoms with van der Waals surface area (Å²) in [7, 11) is 1.28. The van der Waals surface area contributed by atoms with E-state index in [-0.39, 0.29) is 22.2 Å². The zero-order valence-corrected chi connectivity index (χ0v) is 20.7. The molecule has 4 rings (SSSR count). The number of carbonyl (C=O) groups excluding carboxylic acids is 2. The first-order valence-corrected chi connectivity index (χ1v) is 13.3. The van der Waals surface area contributed by atoms with Crippen LogP contribution < -0.4 is 11.1 Å². The molecule has 2 unspecified atom stereocenters. The third-order valence-electron chi connectivity index (χ3n) is 4.67. The van der Waals surface area contributed by atoms with Crippen LogP contribution >= 0.6 is 46.2 Å². The molecule has 2 amide bonds. The molecule has 2 aliphatic rings.